The number of hydrogen-bond donors (Lipinski definition) is 3. The summed E-state index contributed by atoms with van der Waals surface area (Å²) < 4.78 is 15.2. The molecule has 0 radical (unpaired) electrons. The number of carbonyl (C=O) groups excluding carboxylic acids is 3. The van der Waals surface area contributed by atoms with Crippen LogP contribution in [0.4, 0.5) is 10.1 Å². The smallest absolute Gasteiger partial charge is 0.275 e. The maximum atomic E-state index is 14.2. The summed E-state index contributed by atoms with van der Waals surface area (Å²) in [4.78, 5) is 55.4. The molecule has 2 aromatic carbocycles. The highest BCUT2D eigenvalue weighted by atomic mass is 19.1. The fraction of sp³-hybridized carbons (Fsp3) is 0.355. The van der Waals surface area contributed by atoms with Crippen LogP contribution in [-0.4, -0.2) is 67.3 Å². The van der Waals surface area contributed by atoms with Crippen LogP contribution in [0.25, 0.3) is 11.3 Å². The summed E-state index contributed by atoms with van der Waals surface area (Å²) in [7, 11) is 4.95. The maximum absolute atomic E-state index is 14.2. The summed E-state index contributed by atoms with van der Waals surface area (Å²) in [6.45, 7) is 2.96. The number of nitrogens with zero attached hydrogens (tertiary/aromatic N) is 2. The third-order valence-electron chi connectivity index (χ3n) is 7.47. The molecule has 0 bridgehead atoms. The average Bonchev–Trinajstić information content (AvgIpc) is 2.99. The lowest BCUT2D eigenvalue weighted by molar-refractivity contribution is -0.117. The second kappa shape index (κ2) is 13.0. The fourth-order valence-electron chi connectivity index (χ4n) is 5.08. The Morgan fingerprint density at radius 2 is 1.78 bits per heavy atom. The standard InChI is InChI=1S/C31H36FN5O4/c1-19(33-2)29(39)35-25-14-15-26(21-7-5-8-22(17-21)30(40)36(3)4)37(31(25)41)27(23-9-6-16-34-18-23)28(38)20-10-12-24(32)13-11-20/h5,7-8,10-15,17,19,23,27,33-34H,6,9,16,18H2,1-4H3,(H,35,39)/t19-,23?,27?/m0/s1. The number of ketones is 1. The molecule has 0 spiro atoms. The molecular formula is C31H36FN5O4. The van der Waals surface area contributed by atoms with Crippen molar-refractivity contribution in [1.82, 2.24) is 20.1 Å². The summed E-state index contributed by atoms with van der Waals surface area (Å²) in [5.74, 6) is -1.67. The zero-order valence-electron chi connectivity index (χ0n) is 23.7. The SMILES string of the molecule is CN[C@@H](C)C(=O)Nc1ccc(-c2cccc(C(=O)N(C)C)c2)n(C(C(=O)c2ccc(F)cc2)C2CCCNC2)c1=O. The minimum Gasteiger partial charge on any atom is -0.345 e. The first kappa shape index (κ1) is 29.8. The molecule has 1 aliphatic heterocycles. The first-order valence-corrected chi connectivity index (χ1v) is 13.7. The molecule has 216 valence electrons. The van der Waals surface area contributed by atoms with Crippen molar-refractivity contribution < 1.29 is 18.8 Å². The van der Waals surface area contributed by atoms with Crippen LogP contribution in [0.15, 0.2) is 65.5 Å². The van der Waals surface area contributed by atoms with E-state index in [4.69, 9.17) is 0 Å². The normalized spacial score (nSPS) is 16.5. The van der Waals surface area contributed by atoms with E-state index in [1.807, 2.05) is 0 Å². The van der Waals surface area contributed by atoms with Crippen LogP contribution >= 0.6 is 0 Å². The van der Waals surface area contributed by atoms with E-state index < -0.39 is 29.4 Å². The molecule has 1 saturated heterocycles. The molecule has 3 N–H and O–H groups in total. The number of likely N-dealkylation sites (N-methyl/N-ethyl adjacent to an activating group) is 1. The minimum atomic E-state index is -0.956. The van der Waals surface area contributed by atoms with Gasteiger partial charge in [0.2, 0.25) is 5.91 Å². The van der Waals surface area contributed by atoms with Gasteiger partial charge in [0.15, 0.2) is 5.78 Å². The van der Waals surface area contributed by atoms with E-state index >= 15 is 0 Å². The lowest BCUT2D eigenvalue weighted by Crippen LogP contribution is -2.43. The number of hydrogen-bond acceptors (Lipinski definition) is 6. The van der Waals surface area contributed by atoms with E-state index in [-0.39, 0.29) is 28.9 Å². The number of aromatic nitrogens is 1. The van der Waals surface area contributed by atoms with Crippen molar-refractivity contribution in [2.24, 2.45) is 5.92 Å². The zero-order valence-corrected chi connectivity index (χ0v) is 23.7. The topological polar surface area (TPSA) is 113 Å². The van der Waals surface area contributed by atoms with Crippen molar-refractivity contribution in [2.45, 2.75) is 31.8 Å². The summed E-state index contributed by atoms with van der Waals surface area (Å²) in [5.41, 5.74) is 1.17. The lowest BCUT2D eigenvalue weighted by atomic mass is 9.86. The first-order valence-electron chi connectivity index (χ1n) is 13.7. The zero-order chi connectivity index (χ0) is 29.7. The van der Waals surface area contributed by atoms with E-state index in [1.54, 1.807) is 58.4 Å². The molecule has 2 amide bonds. The number of benzene rings is 2. The number of nitrogens with one attached hydrogen (secondary N) is 3. The van der Waals surface area contributed by atoms with Gasteiger partial charge in [0.1, 0.15) is 17.5 Å². The van der Waals surface area contributed by atoms with Crippen LogP contribution in [0.3, 0.4) is 0 Å². The molecule has 10 heteroatoms. The number of piperidine rings is 1. The number of anilines is 1. The van der Waals surface area contributed by atoms with Crippen LogP contribution in [0.5, 0.6) is 0 Å². The van der Waals surface area contributed by atoms with Gasteiger partial charge in [-0.05, 0) is 93.4 Å². The van der Waals surface area contributed by atoms with Gasteiger partial charge in [0.25, 0.3) is 11.5 Å². The molecule has 2 heterocycles. The quantitative estimate of drug-likeness (QED) is 0.346. The van der Waals surface area contributed by atoms with Gasteiger partial charge in [0.05, 0.1) is 11.7 Å². The fourth-order valence-corrected chi connectivity index (χ4v) is 5.08. The third-order valence-corrected chi connectivity index (χ3v) is 7.47. The van der Waals surface area contributed by atoms with Gasteiger partial charge in [-0.15, -0.1) is 0 Å². The number of halogens is 1. The molecule has 1 aliphatic rings. The molecule has 2 unspecified atom stereocenters. The second-order valence-corrected chi connectivity index (χ2v) is 10.5. The Balaban J connectivity index is 1.95. The van der Waals surface area contributed by atoms with Crippen molar-refractivity contribution in [2.75, 3.05) is 39.5 Å². The second-order valence-electron chi connectivity index (χ2n) is 10.5. The number of pyridine rings is 1. The van der Waals surface area contributed by atoms with Crippen molar-refractivity contribution in [3.63, 3.8) is 0 Å². The minimum absolute atomic E-state index is 0.0297. The van der Waals surface area contributed by atoms with Crippen LogP contribution in [0.1, 0.15) is 46.5 Å². The predicted octanol–water partition coefficient (Wildman–Crippen LogP) is 3.33. The largest absolute Gasteiger partial charge is 0.345 e. The van der Waals surface area contributed by atoms with Gasteiger partial charge in [-0.1, -0.05) is 12.1 Å². The van der Waals surface area contributed by atoms with E-state index in [9.17, 15) is 23.6 Å². The van der Waals surface area contributed by atoms with Crippen LogP contribution in [0, 0.1) is 11.7 Å². The summed E-state index contributed by atoms with van der Waals surface area (Å²) in [6.07, 6.45) is 1.49. The van der Waals surface area contributed by atoms with Gasteiger partial charge in [0, 0.05) is 31.8 Å². The Morgan fingerprint density at radius 3 is 2.41 bits per heavy atom. The highest BCUT2D eigenvalue weighted by Crippen LogP contribution is 2.33. The van der Waals surface area contributed by atoms with Gasteiger partial charge < -0.3 is 20.9 Å². The Morgan fingerprint density at radius 1 is 1.05 bits per heavy atom. The number of carbonyl (C=O) groups is 3. The van der Waals surface area contributed by atoms with Gasteiger partial charge in [-0.25, -0.2) is 4.39 Å². The van der Waals surface area contributed by atoms with Gasteiger partial charge in [-0.2, -0.15) is 0 Å². The Labute approximate surface area is 238 Å². The molecule has 1 aromatic heterocycles. The highest BCUT2D eigenvalue weighted by molar-refractivity contribution is 6.00. The highest BCUT2D eigenvalue weighted by Gasteiger charge is 2.35. The van der Waals surface area contributed by atoms with E-state index in [0.717, 1.165) is 13.0 Å². The average molecular weight is 562 g/mol. The number of amides is 2. The summed E-state index contributed by atoms with van der Waals surface area (Å²) in [5, 5.41) is 8.88. The number of rotatable bonds is 9. The van der Waals surface area contributed by atoms with Crippen LogP contribution < -0.4 is 21.5 Å². The van der Waals surface area contributed by atoms with E-state index in [0.29, 0.717) is 29.8 Å². The summed E-state index contributed by atoms with van der Waals surface area (Å²) in [6, 6.07) is 13.8. The molecule has 1 fully saturated rings. The van der Waals surface area contributed by atoms with E-state index in [2.05, 4.69) is 16.0 Å². The maximum Gasteiger partial charge on any atom is 0.275 e. The lowest BCUT2D eigenvalue weighted by Gasteiger charge is -2.33. The molecule has 0 saturated carbocycles. The third kappa shape index (κ3) is 6.61. The van der Waals surface area contributed by atoms with Crippen molar-refractivity contribution >= 4 is 23.3 Å². The van der Waals surface area contributed by atoms with Crippen molar-refractivity contribution in [3.8, 4) is 11.3 Å². The molecule has 0 aliphatic carbocycles. The van der Waals surface area contributed by atoms with Crippen LogP contribution in [-0.2, 0) is 4.79 Å². The molecule has 4 rings (SSSR count). The molecule has 9 nitrogen and oxygen atoms in total. The molecule has 3 aromatic rings. The Hall–Kier alpha value is -4.15. The Bertz CT molecular complexity index is 1480. The monoisotopic (exact) mass is 561 g/mol. The van der Waals surface area contributed by atoms with Crippen molar-refractivity contribution in [1.29, 1.82) is 0 Å². The van der Waals surface area contributed by atoms with Gasteiger partial charge >= 0.3 is 0 Å². The van der Waals surface area contributed by atoms with Gasteiger partial charge in [-0.3, -0.25) is 23.7 Å². The Kier molecular flexibility index (Phi) is 9.46. The predicted molar refractivity (Wildman–Crippen MR) is 157 cm³/mol. The van der Waals surface area contributed by atoms with Crippen molar-refractivity contribution in [3.05, 3.63) is 88.0 Å². The molecule has 3 atom stereocenters. The van der Waals surface area contributed by atoms with E-state index in [1.165, 1.54) is 39.8 Å². The summed E-state index contributed by atoms with van der Waals surface area (Å²) >= 11 is 0. The molecule has 41 heavy (non-hydrogen) atoms. The molecular weight excluding hydrogens is 525 g/mol. The number of Topliss-reactive ketones (excluding diaryl/α,β-unsaturated/α-hetero) is 1. The first-order chi connectivity index (χ1) is 19.6. The van der Waals surface area contributed by atoms with Crippen LogP contribution in [0.2, 0.25) is 0 Å².